The van der Waals surface area contributed by atoms with Crippen molar-refractivity contribution in [3.05, 3.63) is 108 Å². The second-order valence-electron chi connectivity index (χ2n) is 8.22. The van der Waals surface area contributed by atoms with Crippen LogP contribution in [0.15, 0.2) is 122 Å². The predicted octanol–water partition coefficient (Wildman–Crippen LogP) is 4.70. The number of rotatable bonds is 9. The fourth-order valence-corrected chi connectivity index (χ4v) is 5.00. The number of carboxylic acid groups (broad SMARTS) is 1. The van der Waals surface area contributed by atoms with Crippen molar-refractivity contribution in [2.75, 3.05) is 10.1 Å². The average molecular weight is 596 g/mol. The molecule has 0 spiro atoms. The normalized spacial score (nSPS) is 12.3. The molecule has 0 aliphatic carbocycles. The first-order valence-corrected chi connectivity index (χ1v) is 14.4. The van der Waals surface area contributed by atoms with Crippen LogP contribution >= 0.6 is 0 Å². The van der Waals surface area contributed by atoms with Gasteiger partial charge in [0.15, 0.2) is 0 Å². The number of aromatic hydroxyl groups is 1. The highest BCUT2D eigenvalue weighted by atomic mass is 32.2. The van der Waals surface area contributed by atoms with E-state index in [1.807, 2.05) is 0 Å². The summed E-state index contributed by atoms with van der Waals surface area (Å²) in [5.74, 6) is -1.57. The molecule has 0 atom stereocenters. The van der Waals surface area contributed by atoms with Gasteiger partial charge in [-0.05, 0) is 48.5 Å². The maximum Gasteiger partial charge on any atom is 0.337 e. The van der Waals surface area contributed by atoms with E-state index in [4.69, 9.17) is 0 Å². The number of hydrogen-bond donors (Lipinski definition) is 5. The van der Waals surface area contributed by atoms with Crippen molar-refractivity contribution < 1.29 is 36.4 Å². The summed E-state index contributed by atoms with van der Waals surface area (Å²) in [6.07, 6.45) is 0. The number of aromatic carboxylic acids is 1. The number of phenols is 1. The van der Waals surface area contributed by atoms with E-state index in [0.29, 0.717) is 5.56 Å². The number of nitrogens with zero attached hydrogens (tertiary/aromatic N) is 3. The van der Waals surface area contributed by atoms with Gasteiger partial charge in [-0.25, -0.2) is 13.2 Å². The number of phenolic OH excluding ortho intramolecular Hbond substituents is 1. The molecule has 0 aromatic heterocycles. The molecule has 0 bridgehead atoms. The van der Waals surface area contributed by atoms with E-state index in [1.54, 1.807) is 42.5 Å². The molecule has 210 valence electrons. The largest absolute Gasteiger partial charge is 0.506 e. The first kappa shape index (κ1) is 28.9. The van der Waals surface area contributed by atoms with Crippen LogP contribution in [-0.2, 0) is 20.1 Å². The van der Waals surface area contributed by atoms with Crippen LogP contribution in [0.5, 0.6) is 5.75 Å². The van der Waals surface area contributed by atoms with Gasteiger partial charge in [0.2, 0.25) is 5.84 Å². The van der Waals surface area contributed by atoms with Crippen LogP contribution in [0.3, 0.4) is 0 Å². The lowest BCUT2D eigenvalue weighted by Gasteiger charge is -2.11. The monoisotopic (exact) mass is 595 g/mol. The van der Waals surface area contributed by atoms with Gasteiger partial charge in [-0.1, -0.05) is 48.5 Å². The minimum absolute atomic E-state index is 0.0152. The number of carboxylic acids is 1. The molecule has 0 amide bonds. The number of carbonyl (C=O) groups is 1. The standard InChI is InChI=1S/C26H21N5O8S2/c32-24-14-13-19(40(35,36)31-18-9-6-10-20(15-18)41(37,38)39)16-23(24)28-30-25(17-7-2-1-3-8-17)29-27-22-12-5-4-11-21(22)26(33)34/h1-16,28,31-32H,(H,33,34)(H,37,38,39)/b29-27?,30-25+. The molecule has 0 saturated carbocycles. The van der Waals surface area contributed by atoms with Gasteiger partial charge in [-0.2, -0.15) is 13.5 Å². The summed E-state index contributed by atoms with van der Waals surface area (Å²) in [6.45, 7) is 0. The van der Waals surface area contributed by atoms with Gasteiger partial charge in [0.1, 0.15) is 11.4 Å². The van der Waals surface area contributed by atoms with E-state index in [9.17, 15) is 36.4 Å². The van der Waals surface area contributed by atoms with Gasteiger partial charge in [-0.15, -0.1) is 10.2 Å². The van der Waals surface area contributed by atoms with Crippen molar-refractivity contribution in [3.63, 3.8) is 0 Å². The maximum absolute atomic E-state index is 13.0. The first-order valence-electron chi connectivity index (χ1n) is 11.5. The number of azo groups is 1. The zero-order chi connectivity index (χ0) is 29.6. The number of hydrazone groups is 1. The quantitative estimate of drug-likeness (QED) is 0.0453. The predicted molar refractivity (Wildman–Crippen MR) is 150 cm³/mol. The number of nitrogens with one attached hydrogen (secondary N) is 2. The van der Waals surface area contributed by atoms with E-state index < -0.39 is 31.0 Å². The lowest BCUT2D eigenvalue weighted by Crippen LogP contribution is -2.13. The molecule has 0 heterocycles. The van der Waals surface area contributed by atoms with Gasteiger partial charge >= 0.3 is 5.97 Å². The Morgan fingerprint density at radius 2 is 1.49 bits per heavy atom. The Labute approximate surface area is 234 Å². The minimum atomic E-state index is -4.56. The molecule has 4 aromatic carbocycles. The molecule has 0 aliphatic heterocycles. The zero-order valence-electron chi connectivity index (χ0n) is 20.8. The first-order chi connectivity index (χ1) is 19.4. The smallest absolute Gasteiger partial charge is 0.337 e. The third-order valence-corrected chi connectivity index (χ3v) is 7.59. The molecule has 41 heavy (non-hydrogen) atoms. The molecule has 0 saturated heterocycles. The molecule has 13 nitrogen and oxygen atoms in total. The Morgan fingerprint density at radius 1 is 0.780 bits per heavy atom. The highest BCUT2D eigenvalue weighted by Crippen LogP contribution is 2.28. The molecular formula is C26H21N5O8S2. The lowest BCUT2D eigenvalue weighted by molar-refractivity contribution is 0.0697. The minimum Gasteiger partial charge on any atom is -0.506 e. The molecule has 15 heteroatoms. The summed E-state index contributed by atoms with van der Waals surface area (Å²) in [4.78, 5) is 10.7. The topological polar surface area (TPSA) is 207 Å². The maximum atomic E-state index is 13.0. The van der Waals surface area contributed by atoms with Crippen LogP contribution in [0.25, 0.3) is 0 Å². The van der Waals surface area contributed by atoms with E-state index in [-0.39, 0.29) is 39.1 Å². The molecule has 4 aromatic rings. The third kappa shape index (κ3) is 7.30. The second kappa shape index (κ2) is 12.0. The van der Waals surface area contributed by atoms with Crippen molar-refractivity contribution in [1.29, 1.82) is 0 Å². The Balaban J connectivity index is 1.66. The van der Waals surface area contributed by atoms with E-state index in [2.05, 4.69) is 25.5 Å². The van der Waals surface area contributed by atoms with Crippen LogP contribution in [0.1, 0.15) is 15.9 Å². The van der Waals surface area contributed by atoms with Gasteiger partial charge in [0.25, 0.3) is 20.1 Å². The summed E-state index contributed by atoms with van der Waals surface area (Å²) < 4.78 is 60.2. The number of amidine groups is 1. The molecule has 0 aliphatic rings. The number of benzene rings is 4. The third-order valence-electron chi connectivity index (χ3n) is 5.36. The highest BCUT2D eigenvalue weighted by Gasteiger charge is 2.18. The van der Waals surface area contributed by atoms with Crippen molar-refractivity contribution in [2.45, 2.75) is 9.79 Å². The second-order valence-corrected chi connectivity index (χ2v) is 11.3. The van der Waals surface area contributed by atoms with Crippen LogP contribution < -0.4 is 10.1 Å². The van der Waals surface area contributed by atoms with Gasteiger partial charge in [-0.3, -0.25) is 14.7 Å². The zero-order valence-corrected chi connectivity index (χ0v) is 22.4. The van der Waals surface area contributed by atoms with Crippen molar-refractivity contribution in [2.24, 2.45) is 15.3 Å². The van der Waals surface area contributed by atoms with Crippen molar-refractivity contribution in [3.8, 4) is 5.75 Å². The summed E-state index contributed by atoms with van der Waals surface area (Å²) in [5.41, 5.74) is 2.76. The van der Waals surface area contributed by atoms with Gasteiger partial charge in [0.05, 0.1) is 26.7 Å². The molecule has 5 N–H and O–H groups in total. The Hall–Kier alpha value is -5.12. The van der Waals surface area contributed by atoms with E-state index in [0.717, 1.165) is 30.3 Å². The fourth-order valence-electron chi connectivity index (χ4n) is 3.39. The number of hydrogen-bond acceptors (Lipinski definition) is 9. The molecule has 0 radical (unpaired) electrons. The van der Waals surface area contributed by atoms with E-state index >= 15 is 0 Å². The number of sulfonamides is 1. The summed E-state index contributed by atoms with van der Waals surface area (Å²) in [7, 11) is -8.85. The van der Waals surface area contributed by atoms with Crippen molar-refractivity contribution in [1.82, 2.24) is 0 Å². The SMILES string of the molecule is O=C(O)c1ccccc1N=N/C(=N/Nc1cc(S(=O)(=O)Nc2cccc(S(=O)(=O)O)c2)ccc1O)c1ccccc1. The molecular weight excluding hydrogens is 574 g/mol. The van der Waals surface area contributed by atoms with Gasteiger partial charge in [0, 0.05) is 5.56 Å². The highest BCUT2D eigenvalue weighted by molar-refractivity contribution is 7.92. The molecule has 0 unspecified atom stereocenters. The summed E-state index contributed by atoms with van der Waals surface area (Å²) >= 11 is 0. The van der Waals surface area contributed by atoms with Crippen molar-refractivity contribution >= 4 is 49.0 Å². The lowest BCUT2D eigenvalue weighted by atomic mass is 10.2. The van der Waals surface area contributed by atoms with E-state index in [1.165, 1.54) is 24.3 Å². The van der Waals surface area contributed by atoms with Crippen LogP contribution in [0.4, 0.5) is 17.1 Å². The Kier molecular flexibility index (Phi) is 8.42. The van der Waals surface area contributed by atoms with Crippen LogP contribution in [0.2, 0.25) is 0 Å². The molecule has 4 rings (SSSR count). The van der Waals surface area contributed by atoms with Crippen LogP contribution in [-0.4, -0.2) is 43.4 Å². The molecule has 0 fully saturated rings. The van der Waals surface area contributed by atoms with Gasteiger partial charge < -0.3 is 10.2 Å². The Bertz CT molecular complexity index is 1880. The van der Waals surface area contributed by atoms with Crippen LogP contribution in [0, 0.1) is 0 Å². The average Bonchev–Trinajstić information content (AvgIpc) is 2.94. The fraction of sp³-hybridized carbons (Fsp3) is 0. The number of anilines is 2. The Morgan fingerprint density at radius 3 is 2.20 bits per heavy atom. The summed E-state index contributed by atoms with van der Waals surface area (Å²) in [5, 5.41) is 32.0. The summed E-state index contributed by atoms with van der Waals surface area (Å²) in [6, 6.07) is 22.3.